The van der Waals surface area contributed by atoms with E-state index in [-0.39, 0.29) is 5.91 Å². The normalized spacial score (nSPS) is 18.4. The smallest absolute Gasteiger partial charge is 0.248 e. The summed E-state index contributed by atoms with van der Waals surface area (Å²) in [5, 5.41) is 11.4. The van der Waals surface area contributed by atoms with Crippen molar-refractivity contribution in [2.24, 2.45) is 4.99 Å². The maximum absolute atomic E-state index is 11.8. The van der Waals surface area contributed by atoms with Crippen LogP contribution in [0, 0.1) is 0 Å². The molecule has 0 bridgehead atoms. The van der Waals surface area contributed by atoms with E-state index in [1.807, 2.05) is 6.21 Å². The van der Waals surface area contributed by atoms with Crippen LogP contribution in [0.5, 0.6) is 0 Å². The van der Waals surface area contributed by atoms with Crippen molar-refractivity contribution in [1.29, 1.82) is 0 Å². The molecule has 1 amide bonds. The van der Waals surface area contributed by atoms with Gasteiger partial charge in [-0.3, -0.25) is 14.7 Å². The first-order chi connectivity index (χ1) is 17.2. The average Bonchev–Trinajstić information content (AvgIpc) is 3.56. The van der Waals surface area contributed by atoms with E-state index in [1.165, 1.54) is 36.0 Å². The van der Waals surface area contributed by atoms with E-state index in [0.717, 1.165) is 66.7 Å². The minimum absolute atomic E-state index is 0.187. The molecule has 2 aromatic heterocycles. The van der Waals surface area contributed by atoms with Crippen molar-refractivity contribution < 1.29 is 9.90 Å². The fraction of sp³-hybridized carbons (Fsp3) is 0.462. The Hall–Kier alpha value is -2.88. The molecule has 9 heteroatoms. The van der Waals surface area contributed by atoms with Crippen LogP contribution in [0.2, 0.25) is 0 Å². The Kier molecular flexibility index (Phi) is 6.22. The van der Waals surface area contributed by atoms with Crippen LogP contribution in [0.25, 0.3) is 21.5 Å². The first kappa shape index (κ1) is 22.6. The molecule has 2 fully saturated rings. The largest absolute Gasteiger partial charge is 0.387 e. The number of piperidine rings is 1. The number of anilines is 1. The summed E-state index contributed by atoms with van der Waals surface area (Å²) in [6.07, 6.45) is 5.61. The molecule has 5 heterocycles. The lowest BCUT2D eigenvalue weighted by Gasteiger charge is -2.34. The van der Waals surface area contributed by atoms with Crippen LogP contribution in [-0.2, 0) is 17.9 Å². The zero-order chi connectivity index (χ0) is 23.8. The van der Waals surface area contributed by atoms with Crippen molar-refractivity contribution in [1.82, 2.24) is 19.8 Å². The summed E-state index contributed by atoms with van der Waals surface area (Å²) < 4.78 is 1.13. The molecule has 0 spiro atoms. The zero-order valence-electron chi connectivity index (χ0n) is 19.8. The highest BCUT2D eigenvalue weighted by Crippen LogP contribution is 2.38. The molecule has 1 N–H and O–H groups in total. The summed E-state index contributed by atoms with van der Waals surface area (Å²) in [5.41, 5.74) is 6.84. The minimum Gasteiger partial charge on any atom is -0.387 e. The highest BCUT2D eigenvalue weighted by molar-refractivity contribution is 7.17. The van der Waals surface area contributed by atoms with Crippen molar-refractivity contribution in [3.05, 3.63) is 40.3 Å². The van der Waals surface area contributed by atoms with Crippen molar-refractivity contribution >= 4 is 39.6 Å². The van der Waals surface area contributed by atoms with E-state index in [9.17, 15) is 4.79 Å². The molecular weight excluding hydrogens is 460 g/mol. The van der Waals surface area contributed by atoms with Crippen LogP contribution < -0.4 is 4.90 Å². The minimum atomic E-state index is -0.415. The fourth-order valence-electron chi connectivity index (χ4n) is 5.33. The Morgan fingerprint density at radius 2 is 1.86 bits per heavy atom. The molecule has 0 saturated carbocycles. The summed E-state index contributed by atoms with van der Waals surface area (Å²) >= 11 is 1.72. The average molecular weight is 491 g/mol. The van der Waals surface area contributed by atoms with Gasteiger partial charge < -0.3 is 14.9 Å². The second-order valence-electron chi connectivity index (χ2n) is 9.52. The molecule has 0 atom stereocenters. The number of carbonyl (C=O) groups excluding carboxylic acids is 1. The maximum atomic E-state index is 11.8. The Balaban J connectivity index is 1.37. The van der Waals surface area contributed by atoms with Crippen LogP contribution in [-0.4, -0.2) is 82.9 Å². The van der Waals surface area contributed by atoms with Crippen molar-refractivity contribution in [3.8, 4) is 11.3 Å². The molecule has 2 saturated heterocycles. The third-order valence-corrected chi connectivity index (χ3v) is 8.33. The van der Waals surface area contributed by atoms with Gasteiger partial charge in [0, 0.05) is 68.7 Å². The zero-order valence-corrected chi connectivity index (χ0v) is 20.6. The lowest BCUT2D eigenvalue weighted by molar-refractivity contribution is -0.135. The second-order valence-corrected chi connectivity index (χ2v) is 10.4. The molecule has 0 unspecified atom stereocenters. The van der Waals surface area contributed by atoms with Crippen LogP contribution in [0.15, 0.2) is 28.6 Å². The van der Waals surface area contributed by atoms with Gasteiger partial charge in [0.05, 0.1) is 22.5 Å². The number of hydrogen-bond donors (Lipinski definition) is 1. The van der Waals surface area contributed by atoms with Gasteiger partial charge in [-0.1, -0.05) is 18.2 Å². The van der Waals surface area contributed by atoms with Gasteiger partial charge in [0.2, 0.25) is 11.9 Å². The van der Waals surface area contributed by atoms with Gasteiger partial charge in [0.1, 0.15) is 6.61 Å². The Morgan fingerprint density at radius 1 is 1.03 bits per heavy atom. The quantitative estimate of drug-likeness (QED) is 0.592. The molecule has 0 aliphatic carbocycles. The molecule has 3 aliphatic heterocycles. The highest BCUT2D eigenvalue weighted by atomic mass is 32.1. The molecule has 35 heavy (non-hydrogen) atoms. The van der Waals surface area contributed by atoms with Crippen LogP contribution >= 0.6 is 11.3 Å². The Morgan fingerprint density at radius 3 is 2.66 bits per heavy atom. The van der Waals surface area contributed by atoms with Gasteiger partial charge in [-0.25, -0.2) is 9.97 Å². The lowest BCUT2D eigenvalue weighted by atomic mass is 10.0. The third-order valence-electron chi connectivity index (χ3n) is 7.30. The molecule has 8 nitrogen and oxygen atoms in total. The topological polar surface area (TPSA) is 85.2 Å². The third kappa shape index (κ3) is 4.32. The van der Waals surface area contributed by atoms with E-state index in [0.29, 0.717) is 13.1 Å². The number of aromatic nitrogens is 2. The van der Waals surface area contributed by atoms with Gasteiger partial charge >= 0.3 is 0 Å². The van der Waals surface area contributed by atoms with Crippen molar-refractivity contribution in [3.63, 3.8) is 0 Å². The molecule has 1 aromatic carbocycles. The van der Waals surface area contributed by atoms with Crippen LogP contribution in [0.1, 0.15) is 36.0 Å². The second kappa shape index (κ2) is 9.64. The first-order valence-corrected chi connectivity index (χ1v) is 13.4. The number of piperazine rings is 1. The van der Waals surface area contributed by atoms with E-state index in [4.69, 9.17) is 15.1 Å². The summed E-state index contributed by atoms with van der Waals surface area (Å²) in [5.74, 6) is 0.644. The molecule has 3 aliphatic rings. The predicted octanol–water partition coefficient (Wildman–Crippen LogP) is 2.92. The number of aliphatic imine (C=N–C) groups is 1. The predicted molar refractivity (Wildman–Crippen MR) is 139 cm³/mol. The number of fused-ring (bicyclic) bond motifs is 2. The molecule has 182 valence electrons. The number of hydrogen-bond acceptors (Lipinski definition) is 8. The van der Waals surface area contributed by atoms with Crippen LogP contribution in [0.3, 0.4) is 0 Å². The van der Waals surface area contributed by atoms with Crippen molar-refractivity contribution in [2.75, 3.05) is 50.8 Å². The fourth-order valence-corrected chi connectivity index (χ4v) is 6.33. The molecule has 6 rings (SSSR count). The monoisotopic (exact) mass is 490 g/mol. The number of aliphatic hydroxyl groups excluding tert-OH is 1. The van der Waals surface area contributed by atoms with E-state index >= 15 is 0 Å². The first-order valence-electron chi connectivity index (χ1n) is 12.5. The SMILES string of the molecule is O=C(CO)N1CCN(Cc2csc3c(-c4cccc5c4C=NC5)nc(N4CCCCC4)nc23)CC1. The molecular formula is C26H30N6O2S. The van der Waals surface area contributed by atoms with E-state index < -0.39 is 6.61 Å². The Labute approximate surface area is 208 Å². The van der Waals surface area contributed by atoms with E-state index in [1.54, 1.807) is 16.2 Å². The number of aliphatic hydroxyl groups is 1. The van der Waals surface area contributed by atoms with Gasteiger partial charge in [0.25, 0.3) is 0 Å². The van der Waals surface area contributed by atoms with E-state index in [2.05, 4.69) is 38.4 Å². The maximum Gasteiger partial charge on any atom is 0.248 e. The highest BCUT2D eigenvalue weighted by Gasteiger charge is 2.25. The van der Waals surface area contributed by atoms with Crippen LogP contribution in [0.4, 0.5) is 5.95 Å². The summed E-state index contributed by atoms with van der Waals surface area (Å²) in [6, 6.07) is 6.42. The van der Waals surface area contributed by atoms with Crippen molar-refractivity contribution in [2.45, 2.75) is 32.4 Å². The number of carbonyl (C=O) groups is 1. The summed E-state index contributed by atoms with van der Waals surface area (Å²) in [6.45, 7) is 6.00. The Bertz CT molecular complexity index is 1270. The summed E-state index contributed by atoms with van der Waals surface area (Å²) in [4.78, 5) is 33.1. The molecule has 3 aromatic rings. The van der Waals surface area contributed by atoms with Gasteiger partial charge in [-0.15, -0.1) is 11.3 Å². The number of nitrogens with zero attached hydrogens (tertiary/aromatic N) is 6. The summed E-state index contributed by atoms with van der Waals surface area (Å²) in [7, 11) is 0. The number of amides is 1. The standard InChI is InChI=1S/C26H30N6O2S/c33-16-22(34)31-11-9-30(10-12-31)15-19-17-35-25-23(19)28-26(32-7-2-1-3-8-32)29-24(25)20-6-4-5-18-13-27-14-21(18)20/h4-6,14,17,33H,1-3,7-13,15-16H2. The van der Waals surface area contributed by atoms with Gasteiger partial charge in [0.15, 0.2) is 0 Å². The number of benzene rings is 1. The number of rotatable bonds is 5. The van der Waals surface area contributed by atoms with Gasteiger partial charge in [-0.2, -0.15) is 0 Å². The number of thiophene rings is 1. The van der Waals surface area contributed by atoms with Gasteiger partial charge in [-0.05, 0) is 30.2 Å². The molecule has 0 radical (unpaired) electrons. The lowest BCUT2D eigenvalue weighted by Crippen LogP contribution is -2.49.